The lowest BCUT2D eigenvalue weighted by Gasteiger charge is -2.31. The number of rotatable bonds is 1. The molecule has 0 saturated heterocycles. The van der Waals surface area contributed by atoms with Crippen LogP contribution in [0.4, 0.5) is 4.79 Å². The zero-order chi connectivity index (χ0) is 15.6. The van der Waals surface area contributed by atoms with Gasteiger partial charge in [-0.05, 0) is 38.3 Å². The Balaban J connectivity index is 2.23. The second-order valence-corrected chi connectivity index (χ2v) is 5.97. The summed E-state index contributed by atoms with van der Waals surface area (Å²) in [6.45, 7) is 6.36. The highest BCUT2D eigenvalue weighted by Gasteiger charge is 2.28. The van der Waals surface area contributed by atoms with E-state index in [2.05, 4.69) is 4.98 Å². The van der Waals surface area contributed by atoms with Gasteiger partial charge in [0.15, 0.2) is 0 Å². The number of pyridine rings is 1. The van der Waals surface area contributed by atoms with E-state index in [-0.39, 0.29) is 6.09 Å². The largest absolute Gasteiger partial charge is 0.465 e. The van der Waals surface area contributed by atoms with Crippen LogP contribution in [0.2, 0.25) is 0 Å². The minimum Gasteiger partial charge on any atom is -0.465 e. The van der Waals surface area contributed by atoms with Gasteiger partial charge in [-0.3, -0.25) is 4.98 Å². The molecule has 1 aromatic heterocycles. The van der Waals surface area contributed by atoms with E-state index in [4.69, 9.17) is 9.47 Å². The number of ether oxygens (including phenoxy) is 2. The van der Waals surface area contributed by atoms with E-state index in [1.54, 1.807) is 11.1 Å². The minimum absolute atomic E-state index is 0.331. The first kappa shape index (κ1) is 15.3. The quantitative estimate of drug-likeness (QED) is 0.742. The Morgan fingerprint density at radius 1 is 1.29 bits per heavy atom. The van der Waals surface area contributed by atoms with Crippen LogP contribution in [-0.4, -0.2) is 41.2 Å². The van der Waals surface area contributed by atoms with Crippen molar-refractivity contribution in [2.75, 3.05) is 13.7 Å². The first-order valence-corrected chi connectivity index (χ1v) is 6.84. The highest BCUT2D eigenvalue weighted by molar-refractivity contribution is 5.91. The zero-order valence-electron chi connectivity index (χ0n) is 12.8. The summed E-state index contributed by atoms with van der Waals surface area (Å²) >= 11 is 0. The molecule has 6 heteroatoms. The number of nitrogens with zero attached hydrogens (tertiary/aromatic N) is 2. The van der Waals surface area contributed by atoms with Crippen LogP contribution < -0.4 is 0 Å². The molecular weight excluding hydrogens is 272 g/mol. The van der Waals surface area contributed by atoms with Crippen molar-refractivity contribution in [3.05, 3.63) is 29.1 Å². The fourth-order valence-electron chi connectivity index (χ4n) is 2.23. The smallest absolute Gasteiger partial charge is 0.410 e. The van der Waals surface area contributed by atoms with Crippen LogP contribution in [0.15, 0.2) is 12.4 Å². The van der Waals surface area contributed by atoms with Gasteiger partial charge in [0.05, 0.1) is 19.2 Å². The molecule has 1 aromatic rings. The molecule has 0 atom stereocenters. The molecule has 0 aliphatic carbocycles. The summed E-state index contributed by atoms with van der Waals surface area (Å²) in [6, 6.07) is 0. The summed E-state index contributed by atoms with van der Waals surface area (Å²) in [4.78, 5) is 29.6. The number of hydrogen-bond donors (Lipinski definition) is 0. The van der Waals surface area contributed by atoms with E-state index in [0.717, 1.165) is 11.1 Å². The second kappa shape index (κ2) is 5.71. The Morgan fingerprint density at radius 2 is 2.00 bits per heavy atom. The van der Waals surface area contributed by atoms with Crippen molar-refractivity contribution in [2.24, 2.45) is 0 Å². The van der Waals surface area contributed by atoms with Gasteiger partial charge in [0, 0.05) is 18.9 Å². The van der Waals surface area contributed by atoms with Crippen LogP contribution in [0.3, 0.4) is 0 Å². The van der Waals surface area contributed by atoms with Crippen LogP contribution in [0, 0.1) is 0 Å². The molecule has 0 unspecified atom stereocenters. The lowest BCUT2D eigenvalue weighted by molar-refractivity contribution is 0.0220. The molecule has 6 nitrogen and oxygen atoms in total. The Labute approximate surface area is 124 Å². The van der Waals surface area contributed by atoms with Crippen molar-refractivity contribution in [2.45, 2.75) is 39.3 Å². The summed E-state index contributed by atoms with van der Waals surface area (Å²) < 4.78 is 10.1. The highest BCUT2D eigenvalue weighted by Crippen LogP contribution is 2.23. The molecule has 0 radical (unpaired) electrons. The van der Waals surface area contributed by atoms with Gasteiger partial charge in [0.2, 0.25) is 0 Å². The van der Waals surface area contributed by atoms with Gasteiger partial charge < -0.3 is 14.4 Å². The summed E-state index contributed by atoms with van der Waals surface area (Å²) in [5.74, 6) is -0.439. The van der Waals surface area contributed by atoms with Crippen LogP contribution in [0.25, 0.3) is 0 Å². The fourth-order valence-corrected chi connectivity index (χ4v) is 2.23. The topological polar surface area (TPSA) is 68.7 Å². The van der Waals surface area contributed by atoms with E-state index >= 15 is 0 Å². The normalized spacial score (nSPS) is 14.4. The summed E-state index contributed by atoms with van der Waals surface area (Å²) in [5, 5.41) is 0. The number of fused-ring (bicyclic) bond motifs is 1. The molecule has 114 valence electrons. The third-order valence-corrected chi connectivity index (χ3v) is 3.20. The Kier molecular flexibility index (Phi) is 4.16. The molecule has 0 N–H and O–H groups in total. The van der Waals surface area contributed by atoms with Crippen molar-refractivity contribution in [3.8, 4) is 0 Å². The van der Waals surface area contributed by atoms with Crippen molar-refractivity contribution >= 4 is 12.1 Å². The van der Waals surface area contributed by atoms with Crippen molar-refractivity contribution in [1.29, 1.82) is 0 Å². The van der Waals surface area contributed by atoms with Gasteiger partial charge in [0.25, 0.3) is 0 Å². The molecule has 0 saturated carbocycles. The predicted octanol–water partition coefficient (Wildman–Crippen LogP) is 2.16. The third kappa shape index (κ3) is 3.51. The molecule has 0 aromatic carbocycles. The first-order valence-electron chi connectivity index (χ1n) is 6.84. The fraction of sp³-hybridized carbons (Fsp3) is 0.533. The zero-order valence-corrected chi connectivity index (χ0v) is 12.8. The number of carbonyl (C=O) groups excluding carboxylic acids is 2. The monoisotopic (exact) mass is 292 g/mol. The molecule has 1 aliphatic rings. The van der Waals surface area contributed by atoms with Crippen LogP contribution >= 0.6 is 0 Å². The molecule has 0 bridgehead atoms. The number of amides is 1. The third-order valence-electron chi connectivity index (χ3n) is 3.20. The summed E-state index contributed by atoms with van der Waals surface area (Å²) in [6.07, 6.45) is 3.48. The maximum absolute atomic E-state index is 12.1. The summed E-state index contributed by atoms with van der Waals surface area (Å²) in [7, 11) is 1.33. The number of methoxy groups -OCH3 is 1. The lowest BCUT2D eigenvalue weighted by Crippen LogP contribution is -2.40. The first-order chi connectivity index (χ1) is 9.81. The van der Waals surface area contributed by atoms with Crippen molar-refractivity contribution in [3.63, 3.8) is 0 Å². The predicted molar refractivity (Wildman–Crippen MR) is 75.9 cm³/mol. The van der Waals surface area contributed by atoms with E-state index in [0.29, 0.717) is 25.1 Å². The number of esters is 1. The van der Waals surface area contributed by atoms with Gasteiger partial charge in [0.1, 0.15) is 5.60 Å². The van der Waals surface area contributed by atoms with E-state index in [1.807, 2.05) is 20.8 Å². The van der Waals surface area contributed by atoms with Crippen LogP contribution in [0.5, 0.6) is 0 Å². The molecule has 21 heavy (non-hydrogen) atoms. The van der Waals surface area contributed by atoms with Gasteiger partial charge >= 0.3 is 12.1 Å². The SMILES string of the molecule is COC(=O)c1cncc2c1CN(C(=O)OC(C)(C)C)CC2. The Hall–Kier alpha value is -2.11. The van der Waals surface area contributed by atoms with Gasteiger partial charge in [-0.25, -0.2) is 9.59 Å². The van der Waals surface area contributed by atoms with E-state index < -0.39 is 11.6 Å². The molecule has 0 spiro atoms. The molecular formula is C15H20N2O4. The molecule has 0 fully saturated rings. The molecule has 2 rings (SSSR count). The minimum atomic E-state index is -0.541. The number of aromatic nitrogens is 1. The molecule has 1 aliphatic heterocycles. The van der Waals surface area contributed by atoms with Crippen molar-refractivity contribution < 1.29 is 19.1 Å². The van der Waals surface area contributed by atoms with Gasteiger partial charge in [-0.2, -0.15) is 0 Å². The number of carbonyl (C=O) groups is 2. The van der Waals surface area contributed by atoms with E-state index in [9.17, 15) is 9.59 Å². The standard InChI is InChI=1S/C15H20N2O4/c1-15(2,3)21-14(19)17-6-5-10-7-16-8-11(12(10)9-17)13(18)20-4/h7-8H,5-6,9H2,1-4H3. The van der Waals surface area contributed by atoms with E-state index in [1.165, 1.54) is 13.3 Å². The molecule has 2 heterocycles. The maximum Gasteiger partial charge on any atom is 0.410 e. The molecule has 1 amide bonds. The van der Waals surface area contributed by atoms with Crippen LogP contribution in [-0.2, 0) is 22.4 Å². The average Bonchev–Trinajstić information content (AvgIpc) is 2.43. The second-order valence-electron chi connectivity index (χ2n) is 5.97. The average molecular weight is 292 g/mol. The van der Waals surface area contributed by atoms with Crippen molar-refractivity contribution in [1.82, 2.24) is 9.88 Å². The van der Waals surface area contributed by atoms with Gasteiger partial charge in [-0.15, -0.1) is 0 Å². The van der Waals surface area contributed by atoms with Crippen LogP contribution in [0.1, 0.15) is 42.3 Å². The lowest BCUT2D eigenvalue weighted by atomic mass is 9.98. The Morgan fingerprint density at radius 3 is 2.62 bits per heavy atom. The highest BCUT2D eigenvalue weighted by atomic mass is 16.6. The van der Waals surface area contributed by atoms with Gasteiger partial charge in [-0.1, -0.05) is 0 Å². The summed E-state index contributed by atoms with van der Waals surface area (Å²) in [5.41, 5.74) is 1.62. The Bertz CT molecular complexity index is 563. The maximum atomic E-state index is 12.1. The number of hydrogen-bond acceptors (Lipinski definition) is 5.